The molecule has 0 aliphatic carbocycles. The fraction of sp³-hybridized carbons (Fsp3) is 0.273. The summed E-state index contributed by atoms with van der Waals surface area (Å²) >= 11 is 0. The van der Waals surface area contributed by atoms with Gasteiger partial charge < -0.3 is 4.74 Å². The number of benzene rings is 1. The first-order valence-electron chi connectivity index (χ1n) is 4.05. The van der Waals surface area contributed by atoms with Gasteiger partial charge in [0.15, 0.2) is 0 Å². The molecule has 64 valence electrons. The van der Waals surface area contributed by atoms with Gasteiger partial charge in [-0.1, -0.05) is 18.2 Å². The molecule has 0 amide bonds. The van der Waals surface area contributed by atoms with E-state index in [9.17, 15) is 0 Å². The predicted octanol–water partition coefficient (Wildman–Crippen LogP) is 3.12. The molecule has 1 rings (SSSR count). The van der Waals surface area contributed by atoms with Crippen molar-refractivity contribution in [3.8, 4) is 5.75 Å². The van der Waals surface area contributed by atoms with Crippen LogP contribution in [0.5, 0.6) is 5.75 Å². The van der Waals surface area contributed by atoms with Crippen molar-refractivity contribution in [3.63, 3.8) is 0 Å². The van der Waals surface area contributed by atoms with Crippen molar-refractivity contribution < 1.29 is 4.74 Å². The maximum atomic E-state index is 5.06. The SMILES string of the molecule is CC=C(C)c1ccc(OC)cc1. The van der Waals surface area contributed by atoms with E-state index >= 15 is 0 Å². The Hall–Kier alpha value is -1.24. The highest BCUT2D eigenvalue weighted by molar-refractivity contribution is 5.63. The molecule has 0 saturated heterocycles. The van der Waals surface area contributed by atoms with Crippen molar-refractivity contribution in [2.24, 2.45) is 0 Å². The first kappa shape index (κ1) is 8.85. The summed E-state index contributed by atoms with van der Waals surface area (Å²) in [6.07, 6.45) is 2.10. The minimum atomic E-state index is 0.905. The Labute approximate surface area is 73.7 Å². The summed E-state index contributed by atoms with van der Waals surface area (Å²) in [5.41, 5.74) is 2.54. The Bertz CT molecular complexity index is 270. The average Bonchev–Trinajstić information content (AvgIpc) is 2.17. The van der Waals surface area contributed by atoms with Crippen LogP contribution in [0.2, 0.25) is 0 Å². The fourth-order valence-corrected chi connectivity index (χ4v) is 1.02. The van der Waals surface area contributed by atoms with Gasteiger partial charge in [0.1, 0.15) is 5.75 Å². The quantitative estimate of drug-likeness (QED) is 0.649. The standard InChI is InChI=1S/C11H14O/c1-4-9(2)10-5-7-11(12-3)8-6-10/h4-8H,1-3H3. The predicted molar refractivity (Wildman–Crippen MR) is 52.3 cm³/mol. The van der Waals surface area contributed by atoms with Gasteiger partial charge in [0.2, 0.25) is 0 Å². The van der Waals surface area contributed by atoms with Gasteiger partial charge >= 0.3 is 0 Å². The van der Waals surface area contributed by atoms with Gasteiger partial charge in [0.05, 0.1) is 7.11 Å². The lowest BCUT2D eigenvalue weighted by Gasteiger charge is -2.02. The summed E-state index contributed by atoms with van der Waals surface area (Å²) < 4.78 is 5.06. The molecule has 1 aromatic rings. The lowest BCUT2D eigenvalue weighted by Crippen LogP contribution is -1.83. The third-order valence-electron chi connectivity index (χ3n) is 1.98. The molecule has 0 atom stereocenters. The van der Waals surface area contributed by atoms with E-state index in [1.807, 2.05) is 19.1 Å². The summed E-state index contributed by atoms with van der Waals surface area (Å²) in [5.74, 6) is 0.905. The molecule has 12 heavy (non-hydrogen) atoms. The summed E-state index contributed by atoms with van der Waals surface area (Å²) in [7, 11) is 1.68. The topological polar surface area (TPSA) is 9.23 Å². The van der Waals surface area contributed by atoms with Crippen LogP contribution in [0.4, 0.5) is 0 Å². The molecule has 0 N–H and O–H groups in total. The van der Waals surface area contributed by atoms with Crippen LogP contribution in [0.25, 0.3) is 5.57 Å². The van der Waals surface area contributed by atoms with Crippen molar-refractivity contribution in [1.82, 2.24) is 0 Å². The van der Waals surface area contributed by atoms with Crippen LogP contribution in [0, 0.1) is 0 Å². The largest absolute Gasteiger partial charge is 0.497 e. The van der Waals surface area contributed by atoms with Crippen molar-refractivity contribution in [2.45, 2.75) is 13.8 Å². The lowest BCUT2D eigenvalue weighted by molar-refractivity contribution is 0.415. The van der Waals surface area contributed by atoms with E-state index in [0.717, 1.165) is 5.75 Å². The first-order chi connectivity index (χ1) is 5.77. The Kier molecular flexibility index (Phi) is 2.92. The molecule has 0 spiro atoms. The van der Waals surface area contributed by atoms with Crippen molar-refractivity contribution in [1.29, 1.82) is 0 Å². The molecule has 0 heterocycles. The van der Waals surface area contributed by atoms with Gasteiger partial charge in [-0.2, -0.15) is 0 Å². The number of ether oxygens (including phenoxy) is 1. The van der Waals surface area contributed by atoms with Crippen LogP contribution in [-0.2, 0) is 0 Å². The van der Waals surface area contributed by atoms with Gasteiger partial charge in [-0.05, 0) is 37.1 Å². The van der Waals surface area contributed by atoms with E-state index < -0.39 is 0 Å². The van der Waals surface area contributed by atoms with Crippen molar-refractivity contribution >= 4 is 5.57 Å². The van der Waals surface area contributed by atoms with Crippen LogP contribution >= 0.6 is 0 Å². The number of hydrogen-bond donors (Lipinski definition) is 0. The molecule has 0 unspecified atom stereocenters. The molecule has 0 radical (unpaired) electrons. The number of rotatable bonds is 2. The maximum Gasteiger partial charge on any atom is 0.118 e. The van der Waals surface area contributed by atoms with Gasteiger partial charge in [0.25, 0.3) is 0 Å². The summed E-state index contributed by atoms with van der Waals surface area (Å²) in [6, 6.07) is 8.08. The second-order valence-electron chi connectivity index (χ2n) is 2.70. The average molecular weight is 162 g/mol. The van der Waals surface area contributed by atoms with E-state index in [0.29, 0.717) is 0 Å². The van der Waals surface area contributed by atoms with Crippen LogP contribution in [0.3, 0.4) is 0 Å². The molecule has 1 nitrogen and oxygen atoms in total. The molecular weight excluding hydrogens is 148 g/mol. The van der Waals surface area contributed by atoms with Gasteiger partial charge in [-0.3, -0.25) is 0 Å². The molecule has 0 bridgehead atoms. The van der Waals surface area contributed by atoms with E-state index in [1.165, 1.54) is 11.1 Å². The number of allylic oxidation sites excluding steroid dienone is 2. The fourth-order valence-electron chi connectivity index (χ4n) is 1.02. The van der Waals surface area contributed by atoms with E-state index in [-0.39, 0.29) is 0 Å². The van der Waals surface area contributed by atoms with Crippen LogP contribution in [0.15, 0.2) is 30.3 Å². The molecule has 0 aliphatic rings. The monoisotopic (exact) mass is 162 g/mol. The van der Waals surface area contributed by atoms with Gasteiger partial charge in [-0.25, -0.2) is 0 Å². The molecule has 1 heteroatoms. The molecule has 0 saturated carbocycles. The van der Waals surface area contributed by atoms with Gasteiger partial charge in [-0.15, -0.1) is 0 Å². The van der Waals surface area contributed by atoms with Crippen LogP contribution in [0.1, 0.15) is 19.4 Å². The second kappa shape index (κ2) is 3.96. The minimum absolute atomic E-state index is 0.905. The highest BCUT2D eigenvalue weighted by Crippen LogP contribution is 2.17. The normalized spacial score (nSPS) is 11.4. The van der Waals surface area contributed by atoms with E-state index in [4.69, 9.17) is 4.74 Å². The Balaban J connectivity index is 2.92. The Morgan fingerprint density at radius 2 is 1.83 bits per heavy atom. The van der Waals surface area contributed by atoms with E-state index in [2.05, 4.69) is 25.1 Å². The molecule has 1 aromatic carbocycles. The molecule has 0 fully saturated rings. The summed E-state index contributed by atoms with van der Waals surface area (Å²) in [4.78, 5) is 0. The number of methoxy groups -OCH3 is 1. The third-order valence-corrected chi connectivity index (χ3v) is 1.98. The zero-order valence-corrected chi connectivity index (χ0v) is 7.79. The highest BCUT2D eigenvalue weighted by atomic mass is 16.5. The van der Waals surface area contributed by atoms with Crippen LogP contribution in [-0.4, -0.2) is 7.11 Å². The third kappa shape index (κ3) is 1.88. The summed E-state index contributed by atoms with van der Waals surface area (Å²) in [6.45, 7) is 4.14. The zero-order chi connectivity index (χ0) is 8.97. The molecule has 0 aromatic heterocycles. The summed E-state index contributed by atoms with van der Waals surface area (Å²) in [5, 5.41) is 0. The molecule has 0 aliphatic heterocycles. The first-order valence-corrected chi connectivity index (χ1v) is 4.05. The Morgan fingerprint density at radius 3 is 2.25 bits per heavy atom. The Morgan fingerprint density at radius 1 is 1.25 bits per heavy atom. The zero-order valence-electron chi connectivity index (χ0n) is 7.79. The minimum Gasteiger partial charge on any atom is -0.497 e. The molecular formula is C11H14O. The maximum absolute atomic E-state index is 5.06. The second-order valence-corrected chi connectivity index (χ2v) is 2.70. The van der Waals surface area contributed by atoms with Crippen molar-refractivity contribution in [2.75, 3.05) is 7.11 Å². The number of hydrogen-bond acceptors (Lipinski definition) is 1. The van der Waals surface area contributed by atoms with Gasteiger partial charge in [0, 0.05) is 0 Å². The smallest absolute Gasteiger partial charge is 0.118 e. The lowest BCUT2D eigenvalue weighted by atomic mass is 10.1. The highest BCUT2D eigenvalue weighted by Gasteiger charge is 1.94. The van der Waals surface area contributed by atoms with Crippen molar-refractivity contribution in [3.05, 3.63) is 35.9 Å². The van der Waals surface area contributed by atoms with E-state index in [1.54, 1.807) is 7.11 Å². The van der Waals surface area contributed by atoms with Crippen LogP contribution < -0.4 is 4.74 Å².